The van der Waals surface area contributed by atoms with Gasteiger partial charge < -0.3 is 5.11 Å². The molecule has 0 aliphatic heterocycles. The second kappa shape index (κ2) is 8.35. The minimum atomic E-state index is -0.183. The van der Waals surface area contributed by atoms with E-state index in [9.17, 15) is 9.90 Å². The van der Waals surface area contributed by atoms with Gasteiger partial charge >= 0.3 is 0 Å². The molecule has 0 saturated heterocycles. The van der Waals surface area contributed by atoms with Crippen molar-refractivity contribution in [2.75, 3.05) is 0 Å². The van der Waals surface area contributed by atoms with Crippen LogP contribution >= 0.6 is 0 Å². The zero-order chi connectivity index (χ0) is 21.6. The van der Waals surface area contributed by atoms with Crippen molar-refractivity contribution in [3.8, 4) is 0 Å². The van der Waals surface area contributed by atoms with Crippen LogP contribution in [0.2, 0.25) is 0 Å². The lowest BCUT2D eigenvalue weighted by Crippen LogP contribution is -2.44. The summed E-state index contributed by atoms with van der Waals surface area (Å²) in [6, 6.07) is 9.46. The van der Waals surface area contributed by atoms with Crippen LogP contribution in [0.15, 0.2) is 47.1 Å². The van der Waals surface area contributed by atoms with Crippen LogP contribution < -0.4 is 0 Å². The molecule has 4 aliphatic rings. The fourth-order valence-corrected chi connectivity index (χ4v) is 7.31. The molecule has 2 nitrogen and oxygen atoms in total. The first-order valence-corrected chi connectivity index (χ1v) is 12.7. The monoisotopic (exact) mass is 418 g/mol. The SMILES string of the molecule is CCCC1=C2C(c3ccc(CC4CC4)cc3)CC3(C)C(O)CCC3C2CC/C1=C/C=O. The molecule has 1 N–H and O–H groups in total. The average Bonchev–Trinajstić information content (AvgIpc) is 3.53. The molecule has 1 aromatic carbocycles. The Bertz CT molecular complexity index is 888. The predicted octanol–water partition coefficient (Wildman–Crippen LogP) is 6.54. The Hall–Kier alpha value is -1.67. The van der Waals surface area contributed by atoms with Crippen molar-refractivity contribution in [2.24, 2.45) is 23.2 Å². The lowest BCUT2D eigenvalue weighted by Gasteiger charge is -2.51. The summed E-state index contributed by atoms with van der Waals surface area (Å²) in [7, 11) is 0. The summed E-state index contributed by atoms with van der Waals surface area (Å²) >= 11 is 0. The van der Waals surface area contributed by atoms with Crippen molar-refractivity contribution in [3.05, 3.63) is 58.2 Å². The number of hydrogen-bond donors (Lipinski definition) is 1. The van der Waals surface area contributed by atoms with Gasteiger partial charge in [0, 0.05) is 5.92 Å². The van der Waals surface area contributed by atoms with Gasteiger partial charge in [-0.25, -0.2) is 0 Å². The molecule has 0 radical (unpaired) electrons. The Morgan fingerprint density at radius 2 is 1.87 bits per heavy atom. The van der Waals surface area contributed by atoms with Gasteiger partial charge in [-0.05, 0) is 109 Å². The highest BCUT2D eigenvalue weighted by molar-refractivity contribution is 5.69. The Kier molecular flexibility index (Phi) is 5.71. The number of aliphatic hydroxyl groups excluding tert-OH is 1. The summed E-state index contributed by atoms with van der Waals surface area (Å²) in [4.78, 5) is 11.4. The van der Waals surface area contributed by atoms with E-state index in [1.165, 1.54) is 41.5 Å². The van der Waals surface area contributed by atoms with Gasteiger partial charge in [-0.3, -0.25) is 4.79 Å². The van der Waals surface area contributed by atoms with Crippen LogP contribution in [0.3, 0.4) is 0 Å². The number of carbonyl (C=O) groups is 1. The van der Waals surface area contributed by atoms with Crippen molar-refractivity contribution >= 4 is 6.29 Å². The Morgan fingerprint density at radius 1 is 1.10 bits per heavy atom. The second-order valence-corrected chi connectivity index (χ2v) is 11.0. The van der Waals surface area contributed by atoms with E-state index in [2.05, 4.69) is 38.1 Å². The van der Waals surface area contributed by atoms with Crippen molar-refractivity contribution in [1.29, 1.82) is 0 Å². The molecule has 3 saturated carbocycles. The number of allylic oxidation sites excluding steroid dienone is 4. The van der Waals surface area contributed by atoms with Gasteiger partial charge in [-0.15, -0.1) is 0 Å². The number of carbonyl (C=O) groups excluding carboxylic acids is 1. The summed E-state index contributed by atoms with van der Waals surface area (Å²) in [6.45, 7) is 4.61. The molecule has 5 rings (SSSR count). The number of fused-ring (bicyclic) bond motifs is 3. The Labute approximate surface area is 187 Å². The van der Waals surface area contributed by atoms with Crippen LogP contribution in [0.25, 0.3) is 0 Å². The number of benzene rings is 1. The van der Waals surface area contributed by atoms with Crippen molar-refractivity contribution < 1.29 is 9.90 Å². The van der Waals surface area contributed by atoms with Gasteiger partial charge in [0.05, 0.1) is 6.10 Å². The van der Waals surface area contributed by atoms with Gasteiger partial charge in [0.1, 0.15) is 6.29 Å². The lowest BCUT2D eigenvalue weighted by atomic mass is 9.53. The van der Waals surface area contributed by atoms with E-state index >= 15 is 0 Å². The van der Waals surface area contributed by atoms with E-state index in [0.717, 1.165) is 57.1 Å². The minimum Gasteiger partial charge on any atom is -0.393 e. The largest absolute Gasteiger partial charge is 0.393 e. The fourth-order valence-electron chi connectivity index (χ4n) is 7.31. The van der Waals surface area contributed by atoms with E-state index < -0.39 is 0 Å². The Morgan fingerprint density at radius 3 is 2.55 bits per heavy atom. The number of aldehydes is 1. The van der Waals surface area contributed by atoms with Gasteiger partial charge in [0.25, 0.3) is 0 Å². The third-order valence-corrected chi connectivity index (χ3v) is 9.10. The summed E-state index contributed by atoms with van der Waals surface area (Å²) in [6.07, 6.45) is 14.1. The number of aliphatic hydroxyl groups is 1. The smallest absolute Gasteiger partial charge is 0.143 e. The van der Waals surface area contributed by atoms with Crippen LogP contribution in [0.5, 0.6) is 0 Å². The zero-order valence-electron chi connectivity index (χ0n) is 19.3. The third-order valence-electron chi connectivity index (χ3n) is 9.10. The summed E-state index contributed by atoms with van der Waals surface area (Å²) in [5, 5.41) is 11.0. The molecule has 4 aliphatic carbocycles. The van der Waals surface area contributed by atoms with Crippen LogP contribution in [0.4, 0.5) is 0 Å². The first kappa shape index (κ1) is 21.2. The number of rotatable bonds is 6. The molecule has 5 unspecified atom stereocenters. The molecule has 1 aromatic rings. The molecule has 0 aromatic heterocycles. The van der Waals surface area contributed by atoms with Crippen molar-refractivity contribution in [1.82, 2.24) is 0 Å². The molecule has 166 valence electrons. The van der Waals surface area contributed by atoms with Crippen molar-refractivity contribution in [3.63, 3.8) is 0 Å². The fraction of sp³-hybridized carbons (Fsp3) is 0.621. The molecular weight excluding hydrogens is 380 g/mol. The summed E-state index contributed by atoms with van der Waals surface area (Å²) in [5.41, 5.74) is 7.26. The van der Waals surface area contributed by atoms with Crippen LogP contribution in [-0.4, -0.2) is 17.5 Å². The van der Waals surface area contributed by atoms with E-state index in [4.69, 9.17) is 0 Å². The maximum atomic E-state index is 11.4. The van der Waals surface area contributed by atoms with Gasteiger partial charge in [-0.1, -0.05) is 50.1 Å². The van der Waals surface area contributed by atoms with Gasteiger partial charge in [0.2, 0.25) is 0 Å². The zero-order valence-corrected chi connectivity index (χ0v) is 19.3. The quantitative estimate of drug-likeness (QED) is 0.421. The third kappa shape index (κ3) is 3.75. The van der Waals surface area contributed by atoms with Crippen LogP contribution in [0.1, 0.15) is 88.7 Å². The van der Waals surface area contributed by atoms with E-state index in [1.54, 1.807) is 5.57 Å². The highest BCUT2D eigenvalue weighted by Gasteiger charge is 2.56. The molecule has 5 atom stereocenters. The molecule has 3 fully saturated rings. The standard InChI is InChI=1S/C29H38O2/c1-3-4-23-22(15-16-30)11-12-24-26-13-14-27(31)29(26,2)18-25(28(23)24)21-9-7-20(8-10-21)17-19-5-6-19/h7-10,15-16,19,24-27,31H,3-6,11-14,17-18H2,1-2H3/b22-15-. The van der Waals surface area contributed by atoms with E-state index in [-0.39, 0.29) is 11.5 Å². The predicted molar refractivity (Wildman–Crippen MR) is 126 cm³/mol. The highest BCUT2D eigenvalue weighted by atomic mass is 16.3. The summed E-state index contributed by atoms with van der Waals surface area (Å²) in [5.74, 6) is 2.40. The molecule has 0 spiro atoms. The topological polar surface area (TPSA) is 37.3 Å². The lowest BCUT2D eigenvalue weighted by molar-refractivity contribution is -0.104. The normalized spacial score (nSPS) is 36.4. The Balaban J connectivity index is 1.59. The highest BCUT2D eigenvalue weighted by Crippen LogP contribution is 2.63. The van der Waals surface area contributed by atoms with Crippen LogP contribution in [-0.2, 0) is 11.2 Å². The first-order chi connectivity index (χ1) is 15.0. The molecule has 0 amide bonds. The molecule has 0 heterocycles. The van der Waals surface area contributed by atoms with E-state index in [0.29, 0.717) is 17.8 Å². The molecule has 2 heteroatoms. The van der Waals surface area contributed by atoms with Gasteiger partial charge in [-0.2, -0.15) is 0 Å². The molecular formula is C29H38O2. The maximum Gasteiger partial charge on any atom is 0.143 e. The van der Waals surface area contributed by atoms with Crippen LogP contribution in [0, 0.1) is 23.2 Å². The first-order valence-electron chi connectivity index (χ1n) is 12.7. The number of hydrogen-bond acceptors (Lipinski definition) is 2. The van der Waals surface area contributed by atoms with Gasteiger partial charge in [0.15, 0.2) is 0 Å². The maximum absolute atomic E-state index is 11.4. The minimum absolute atomic E-state index is 0.00865. The summed E-state index contributed by atoms with van der Waals surface area (Å²) < 4.78 is 0. The average molecular weight is 419 g/mol. The van der Waals surface area contributed by atoms with Crippen molar-refractivity contribution in [2.45, 2.75) is 90.1 Å². The molecule has 31 heavy (non-hydrogen) atoms. The second-order valence-electron chi connectivity index (χ2n) is 11.0. The van der Waals surface area contributed by atoms with E-state index in [1.807, 2.05) is 6.08 Å². The molecule has 0 bridgehead atoms.